The van der Waals surface area contributed by atoms with Crippen LogP contribution in [0.4, 0.5) is 5.82 Å². The van der Waals surface area contributed by atoms with Crippen LogP contribution in [-0.2, 0) is 10.0 Å². The van der Waals surface area contributed by atoms with Gasteiger partial charge in [-0.25, -0.2) is 13.4 Å². The minimum atomic E-state index is -3.30. The number of aryl methyl sites for hydroxylation is 1. The van der Waals surface area contributed by atoms with Crippen LogP contribution in [0.5, 0.6) is 0 Å². The fourth-order valence-corrected chi connectivity index (χ4v) is 3.15. The summed E-state index contributed by atoms with van der Waals surface area (Å²) in [6.07, 6.45) is 5.66. The van der Waals surface area contributed by atoms with Gasteiger partial charge in [-0.2, -0.15) is 0 Å². The highest BCUT2D eigenvalue weighted by atomic mass is 79.9. The Balaban J connectivity index is 1.75. The molecule has 1 fully saturated rings. The van der Waals surface area contributed by atoms with E-state index in [1.54, 1.807) is 12.3 Å². The first-order valence-electron chi connectivity index (χ1n) is 6.82. The van der Waals surface area contributed by atoms with Gasteiger partial charge in [0.05, 0.1) is 5.75 Å². The molecule has 1 saturated carbocycles. The van der Waals surface area contributed by atoms with E-state index >= 15 is 0 Å². The Labute approximate surface area is 128 Å². The number of hydrogen-bond acceptors (Lipinski definition) is 4. The standard InChI is InChI=1S/C13H20BrN3O2S/c1-10-8-13(16-9-12(10)14)17-20(18,19)7-3-2-6-15-11-4-5-11/h8-9,11,15H,2-7H2,1H3,(H,16,17). The van der Waals surface area contributed by atoms with Crippen LogP contribution in [0.3, 0.4) is 0 Å². The van der Waals surface area contributed by atoms with Crippen LogP contribution in [0.2, 0.25) is 0 Å². The van der Waals surface area contributed by atoms with Gasteiger partial charge < -0.3 is 5.32 Å². The third-order valence-corrected chi connectivity index (χ3v) is 5.33. The predicted molar refractivity (Wildman–Crippen MR) is 84.3 cm³/mol. The summed E-state index contributed by atoms with van der Waals surface area (Å²) >= 11 is 3.34. The van der Waals surface area contributed by atoms with Gasteiger partial charge in [-0.15, -0.1) is 0 Å². The van der Waals surface area contributed by atoms with Gasteiger partial charge in [-0.3, -0.25) is 4.72 Å². The average molecular weight is 362 g/mol. The number of unbranched alkanes of at least 4 members (excludes halogenated alkanes) is 1. The molecule has 0 atom stereocenters. The second-order valence-electron chi connectivity index (χ2n) is 5.18. The van der Waals surface area contributed by atoms with Crippen molar-refractivity contribution in [3.63, 3.8) is 0 Å². The van der Waals surface area contributed by atoms with Crippen LogP contribution in [0.1, 0.15) is 31.2 Å². The fourth-order valence-electron chi connectivity index (χ4n) is 1.82. The van der Waals surface area contributed by atoms with Gasteiger partial charge >= 0.3 is 0 Å². The number of nitrogens with one attached hydrogen (secondary N) is 2. The third-order valence-electron chi connectivity index (χ3n) is 3.16. The third kappa shape index (κ3) is 5.38. The van der Waals surface area contributed by atoms with Gasteiger partial charge in [0.25, 0.3) is 0 Å². The van der Waals surface area contributed by atoms with Crippen molar-refractivity contribution in [1.82, 2.24) is 10.3 Å². The number of anilines is 1. The number of rotatable bonds is 8. The van der Waals surface area contributed by atoms with E-state index in [2.05, 4.69) is 31.0 Å². The van der Waals surface area contributed by atoms with E-state index < -0.39 is 10.0 Å². The van der Waals surface area contributed by atoms with Gasteiger partial charge in [0, 0.05) is 16.7 Å². The summed E-state index contributed by atoms with van der Waals surface area (Å²) in [7, 11) is -3.30. The van der Waals surface area contributed by atoms with Gasteiger partial charge in [-0.1, -0.05) is 0 Å². The Kier molecular flexibility index (Phi) is 5.40. The zero-order chi connectivity index (χ0) is 14.6. The van der Waals surface area contributed by atoms with Gasteiger partial charge in [0.2, 0.25) is 10.0 Å². The Bertz CT molecular complexity index is 559. The Morgan fingerprint density at radius 1 is 1.40 bits per heavy atom. The number of hydrogen-bond donors (Lipinski definition) is 2. The van der Waals surface area contributed by atoms with Crippen molar-refractivity contribution >= 4 is 31.8 Å². The van der Waals surface area contributed by atoms with E-state index in [1.165, 1.54) is 12.8 Å². The largest absolute Gasteiger partial charge is 0.314 e. The van der Waals surface area contributed by atoms with E-state index in [9.17, 15) is 8.42 Å². The highest BCUT2D eigenvalue weighted by Crippen LogP contribution is 2.19. The molecule has 7 heteroatoms. The lowest BCUT2D eigenvalue weighted by atomic mass is 10.3. The van der Waals surface area contributed by atoms with Crippen LogP contribution in [0.15, 0.2) is 16.7 Å². The lowest BCUT2D eigenvalue weighted by molar-refractivity contribution is 0.590. The van der Waals surface area contributed by atoms with Crippen molar-refractivity contribution in [2.45, 2.75) is 38.6 Å². The molecule has 0 amide bonds. The first-order chi connectivity index (χ1) is 9.46. The molecular weight excluding hydrogens is 342 g/mol. The van der Waals surface area contributed by atoms with Crippen LogP contribution < -0.4 is 10.0 Å². The number of sulfonamides is 1. The monoisotopic (exact) mass is 361 g/mol. The quantitative estimate of drug-likeness (QED) is 0.697. The smallest absolute Gasteiger partial charge is 0.233 e. The first-order valence-corrected chi connectivity index (χ1v) is 9.27. The number of pyridine rings is 1. The molecule has 0 unspecified atom stereocenters. The van der Waals surface area contributed by atoms with Crippen LogP contribution in [-0.4, -0.2) is 31.7 Å². The summed E-state index contributed by atoms with van der Waals surface area (Å²) < 4.78 is 27.2. The maximum absolute atomic E-state index is 11.9. The topological polar surface area (TPSA) is 71.1 Å². The second kappa shape index (κ2) is 6.87. The van der Waals surface area contributed by atoms with Crippen LogP contribution in [0, 0.1) is 6.92 Å². The summed E-state index contributed by atoms with van der Waals surface area (Å²) in [5.74, 6) is 0.512. The molecule has 0 aromatic carbocycles. The summed E-state index contributed by atoms with van der Waals surface area (Å²) in [4.78, 5) is 4.05. The van der Waals surface area contributed by atoms with Gasteiger partial charge in [-0.05, 0) is 66.7 Å². The molecular formula is C13H20BrN3O2S. The Morgan fingerprint density at radius 2 is 2.15 bits per heavy atom. The molecule has 0 radical (unpaired) electrons. The van der Waals surface area contributed by atoms with Gasteiger partial charge in [0.15, 0.2) is 0 Å². The molecule has 1 heterocycles. The summed E-state index contributed by atoms with van der Waals surface area (Å²) in [5.41, 5.74) is 0.950. The fraction of sp³-hybridized carbons (Fsp3) is 0.615. The molecule has 0 saturated heterocycles. The summed E-state index contributed by atoms with van der Waals surface area (Å²) in [6, 6.07) is 2.40. The minimum absolute atomic E-state index is 0.135. The predicted octanol–water partition coefficient (Wildman–Crippen LogP) is 2.43. The normalized spacial score (nSPS) is 15.3. The molecule has 0 spiro atoms. The molecule has 1 aliphatic rings. The molecule has 1 aliphatic carbocycles. The summed E-state index contributed by atoms with van der Waals surface area (Å²) in [6.45, 7) is 2.79. The van der Waals surface area contributed by atoms with E-state index in [0.29, 0.717) is 18.3 Å². The highest BCUT2D eigenvalue weighted by molar-refractivity contribution is 9.10. The number of nitrogens with zero attached hydrogens (tertiary/aromatic N) is 1. The zero-order valence-electron chi connectivity index (χ0n) is 11.5. The van der Waals surface area contributed by atoms with Gasteiger partial charge in [0.1, 0.15) is 5.82 Å². The molecule has 1 aromatic rings. The molecule has 112 valence electrons. The van der Waals surface area contributed by atoms with Crippen molar-refractivity contribution < 1.29 is 8.42 Å². The van der Waals surface area contributed by atoms with E-state index in [0.717, 1.165) is 23.0 Å². The van der Waals surface area contributed by atoms with Crippen molar-refractivity contribution in [3.8, 4) is 0 Å². The Hall–Kier alpha value is -0.660. The number of aromatic nitrogens is 1. The Morgan fingerprint density at radius 3 is 2.80 bits per heavy atom. The molecule has 5 nitrogen and oxygen atoms in total. The van der Waals surface area contributed by atoms with E-state index in [1.807, 2.05) is 6.92 Å². The second-order valence-corrected chi connectivity index (χ2v) is 7.87. The molecule has 2 rings (SSSR count). The van der Waals surface area contributed by atoms with Crippen LogP contribution >= 0.6 is 15.9 Å². The van der Waals surface area contributed by atoms with E-state index in [-0.39, 0.29) is 5.75 Å². The van der Waals surface area contributed by atoms with E-state index in [4.69, 9.17) is 0 Å². The van der Waals surface area contributed by atoms with Crippen LogP contribution in [0.25, 0.3) is 0 Å². The molecule has 0 bridgehead atoms. The molecule has 20 heavy (non-hydrogen) atoms. The maximum atomic E-state index is 11.9. The first kappa shape index (κ1) is 15.7. The van der Waals surface area contributed by atoms with Crippen molar-refractivity contribution in [1.29, 1.82) is 0 Å². The molecule has 1 aromatic heterocycles. The zero-order valence-corrected chi connectivity index (χ0v) is 13.9. The molecule has 2 N–H and O–H groups in total. The molecule has 0 aliphatic heterocycles. The highest BCUT2D eigenvalue weighted by Gasteiger charge is 2.19. The SMILES string of the molecule is Cc1cc(NS(=O)(=O)CCCCNC2CC2)ncc1Br. The van der Waals surface area contributed by atoms with Crippen molar-refractivity contribution in [2.75, 3.05) is 17.0 Å². The van der Waals surface area contributed by atoms with Crippen molar-refractivity contribution in [2.24, 2.45) is 0 Å². The average Bonchev–Trinajstić information content (AvgIpc) is 3.17. The maximum Gasteiger partial charge on any atom is 0.233 e. The minimum Gasteiger partial charge on any atom is -0.314 e. The lowest BCUT2D eigenvalue weighted by Gasteiger charge is -2.08. The van der Waals surface area contributed by atoms with Crippen molar-refractivity contribution in [3.05, 3.63) is 22.3 Å². The summed E-state index contributed by atoms with van der Waals surface area (Å²) in [5, 5.41) is 3.37. The lowest BCUT2D eigenvalue weighted by Crippen LogP contribution is -2.21. The number of halogens is 1.